The lowest BCUT2D eigenvalue weighted by Crippen LogP contribution is -2.31. The lowest BCUT2D eigenvalue weighted by atomic mass is 9.89. The van der Waals surface area contributed by atoms with Gasteiger partial charge in [-0.3, -0.25) is 10.1 Å². The monoisotopic (exact) mass is 280 g/mol. The third-order valence-corrected chi connectivity index (χ3v) is 3.32. The fourth-order valence-electron chi connectivity index (χ4n) is 1.91. The Morgan fingerprint density at radius 3 is 2.50 bits per heavy atom. The van der Waals surface area contributed by atoms with Gasteiger partial charge >= 0.3 is 0 Å². The second kappa shape index (κ2) is 7.97. The van der Waals surface area contributed by atoms with Gasteiger partial charge in [0, 0.05) is 32.4 Å². The molecule has 1 rings (SSSR count). The molecule has 0 radical (unpaired) electrons. The van der Waals surface area contributed by atoms with Crippen molar-refractivity contribution in [3.63, 3.8) is 0 Å². The minimum absolute atomic E-state index is 0.141. The molecule has 0 saturated carbocycles. The Hall–Kier alpha value is -1.46. The van der Waals surface area contributed by atoms with Crippen molar-refractivity contribution < 1.29 is 9.66 Å². The van der Waals surface area contributed by atoms with Crippen molar-refractivity contribution >= 4 is 5.69 Å². The molecule has 0 aliphatic heterocycles. The number of benzene rings is 1. The number of methoxy groups -OCH3 is 1. The van der Waals surface area contributed by atoms with Crippen molar-refractivity contribution in [3.8, 4) is 0 Å². The van der Waals surface area contributed by atoms with E-state index in [9.17, 15) is 10.1 Å². The highest BCUT2D eigenvalue weighted by Crippen LogP contribution is 2.18. The van der Waals surface area contributed by atoms with Gasteiger partial charge in [0.05, 0.1) is 4.92 Å². The van der Waals surface area contributed by atoms with Gasteiger partial charge in [0.15, 0.2) is 0 Å². The Balaban J connectivity index is 2.28. The number of nitro groups is 1. The summed E-state index contributed by atoms with van der Waals surface area (Å²) in [5.41, 5.74) is 1.46. The summed E-state index contributed by atoms with van der Waals surface area (Å²) >= 11 is 0. The molecule has 0 aromatic heterocycles. The molecule has 0 amide bonds. The highest BCUT2D eigenvalue weighted by molar-refractivity contribution is 5.32. The van der Waals surface area contributed by atoms with Crippen LogP contribution in [0.5, 0.6) is 0 Å². The molecule has 0 aliphatic rings. The molecule has 112 valence electrons. The van der Waals surface area contributed by atoms with Crippen LogP contribution >= 0.6 is 0 Å². The predicted molar refractivity (Wildman–Crippen MR) is 79.9 cm³/mol. The van der Waals surface area contributed by atoms with Gasteiger partial charge in [0.2, 0.25) is 0 Å². The molecule has 5 nitrogen and oxygen atoms in total. The van der Waals surface area contributed by atoms with Gasteiger partial charge in [-0.2, -0.15) is 0 Å². The van der Waals surface area contributed by atoms with E-state index >= 15 is 0 Å². The first-order valence-electron chi connectivity index (χ1n) is 6.87. The number of ether oxygens (including phenoxy) is 1. The van der Waals surface area contributed by atoms with Crippen LogP contribution in [0.4, 0.5) is 5.69 Å². The summed E-state index contributed by atoms with van der Waals surface area (Å²) in [6.07, 6.45) is 1.90. The Labute approximate surface area is 120 Å². The van der Waals surface area contributed by atoms with E-state index in [2.05, 4.69) is 19.2 Å². The van der Waals surface area contributed by atoms with Gasteiger partial charge < -0.3 is 10.1 Å². The second-order valence-electron chi connectivity index (χ2n) is 5.76. The maximum atomic E-state index is 10.6. The Morgan fingerprint density at radius 2 is 1.95 bits per heavy atom. The molecule has 5 heteroatoms. The average molecular weight is 280 g/mol. The molecule has 0 spiro atoms. The van der Waals surface area contributed by atoms with E-state index in [1.165, 1.54) is 0 Å². The molecule has 0 bridgehead atoms. The molecule has 0 unspecified atom stereocenters. The summed E-state index contributed by atoms with van der Waals surface area (Å²) in [7, 11) is 1.72. The SMILES string of the molecule is COCCC(C)(C)CNCCc1ccc([N+](=O)[O-])cc1. The zero-order valence-corrected chi connectivity index (χ0v) is 12.5. The van der Waals surface area contributed by atoms with E-state index < -0.39 is 0 Å². The molecule has 1 aromatic carbocycles. The molecule has 0 aliphatic carbocycles. The van der Waals surface area contributed by atoms with Gasteiger partial charge in [-0.25, -0.2) is 0 Å². The smallest absolute Gasteiger partial charge is 0.269 e. The molecule has 0 saturated heterocycles. The summed E-state index contributed by atoms with van der Waals surface area (Å²) < 4.78 is 5.10. The van der Waals surface area contributed by atoms with E-state index in [1.807, 2.05) is 12.1 Å². The molecule has 0 heterocycles. The van der Waals surface area contributed by atoms with E-state index in [-0.39, 0.29) is 16.0 Å². The molecular formula is C15H24N2O3. The maximum absolute atomic E-state index is 10.6. The lowest BCUT2D eigenvalue weighted by molar-refractivity contribution is -0.384. The number of rotatable bonds is 9. The number of nitro benzene ring substituents is 1. The second-order valence-corrected chi connectivity index (χ2v) is 5.76. The van der Waals surface area contributed by atoms with Crippen LogP contribution in [0.3, 0.4) is 0 Å². The number of non-ortho nitro benzene ring substituents is 1. The van der Waals surface area contributed by atoms with Crippen molar-refractivity contribution in [2.24, 2.45) is 5.41 Å². The van der Waals surface area contributed by atoms with Crippen molar-refractivity contribution in [3.05, 3.63) is 39.9 Å². The zero-order valence-electron chi connectivity index (χ0n) is 12.5. The van der Waals surface area contributed by atoms with Crippen LogP contribution in [0, 0.1) is 15.5 Å². The minimum atomic E-state index is -0.375. The highest BCUT2D eigenvalue weighted by atomic mass is 16.6. The zero-order chi connectivity index (χ0) is 15.0. The molecule has 0 fully saturated rings. The average Bonchev–Trinajstić information content (AvgIpc) is 2.42. The molecule has 0 atom stereocenters. The van der Waals surface area contributed by atoms with Crippen LogP contribution in [0.2, 0.25) is 0 Å². The van der Waals surface area contributed by atoms with Crippen LogP contribution in [0.25, 0.3) is 0 Å². The fourth-order valence-corrected chi connectivity index (χ4v) is 1.91. The largest absolute Gasteiger partial charge is 0.385 e. The van der Waals surface area contributed by atoms with E-state index in [1.54, 1.807) is 19.2 Å². The van der Waals surface area contributed by atoms with Crippen LogP contribution in [0.1, 0.15) is 25.8 Å². The van der Waals surface area contributed by atoms with E-state index in [0.29, 0.717) is 0 Å². The minimum Gasteiger partial charge on any atom is -0.385 e. The summed E-state index contributed by atoms with van der Waals surface area (Å²) in [6, 6.07) is 6.74. The Morgan fingerprint density at radius 1 is 1.30 bits per heavy atom. The van der Waals surface area contributed by atoms with E-state index in [0.717, 1.165) is 38.1 Å². The maximum Gasteiger partial charge on any atom is 0.269 e. The number of hydrogen-bond donors (Lipinski definition) is 1. The highest BCUT2D eigenvalue weighted by Gasteiger charge is 2.16. The topological polar surface area (TPSA) is 64.4 Å². The summed E-state index contributed by atoms with van der Waals surface area (Å²) in [5, 5.41) is 14.0. The van der Waals surface area contributed by atoms with Crippen molar-refractivity contribution in [1.29, 1.82) is 0 Å². The first kappa shape index (κ1) is 16.6. The normalized spacial score (nSPS) is 11.6. The Kier molecular flexibility index (Phi) is 6.61. The van der Waals surface area contributed by atoms with Crippen molar-refractivity contribution in [1.82, 2.24) is 5.32 Å². The van der Waals surface area contributed by atoms with Gasteiger partial charge in [0.25, 0.3) is 5.69 Å². The van der Waals surface area contributed by atoms with Crippen LogP contribution in [0.15, 0.2) is 24.3 Å². The molecule has 1 N–H and O–H groups in total. The van der Waals surface area contributed by atoms with Crippen LogP contribution in [-0.4, -0.2) is 31.7 Å². The van der Waals surface area contributed by atoms with Crippen LogP contribution in [-0.2, 0) is 11.2 Å². The number of nitrogens with zero attached hydrogens (tertiary/aromatic N) is 1. The first-order valence-corrected chi connectivity index (χ1v) is 6.87. The van der Waals surface area contributed by atoms with Crippen molar-refractivity contribution in [2.75, 3.05) is 26.8 Å². The summed E-state index contributed by atoms with van der Waals surface area (Å²) in [6.45, 7) is 7.00. The third kappa shape index (κ3) is 6.12. The number of hydrogen-bond acceptors (Lipinski definition) is 4. The summed E-state index contributed by atoms with van der Waals surface area (Å²) in [5.74, 6) is 0. The van der Waals surface area contributed by atoms with Crippen molar-refractivity contribution in [2.45, 2.75) is 26.7 Å². The van der Waals surface area contributed by atoms with Gasteiger partial charge in [0.1, 0.15) is 0 Å². The molecule has 20 heavy (non-hydrogen) atoms. The first-order chi connectivity index (χ1) is 9.44. The molecular weight excluding hydrogens is 256 g/mol. The van der Waals surface area contributed by atoms with Gasteiger partial charge in [-0.15, -0.1) is 0 Å². The molecule has 1 aromatic rings. The standard InChI is InChI=1S/C15H24N2O3/c1-15(2,9-11-20-3)12-16-10-8-13-4-6-14(7-5-13)17(18)19/h4-7,16H,8-12H2,1-3H3. The lowest BCUT2D eigenvalue weighted by Gasteiger charge is -2.24. The summed E-state index contributed by atoms with van der Waals surface area (Å²) in [4.78, 5) is 10.2. The Bertz CT molecular complexity index is 416. The third-order valence-electron chi connectivity index (χ3n) is 3.32. The van der Waals surface area contributed by atoms with E-state index in [4.69, 9.17) is 4.74 Å². The predicted octanol–water partition coefficient (Wildman–Crippen LogP) is 2.79. The number of nitrogens with one attached hydrogen (secondary N) is 1. The van der Waals surface area contributed by atoms with Gasteiger partial charge in [-0.05, 0) is 30.4 Å². The van der Waals surface area contributed by atoms with Gasteiger partial charge in [-0.1, -0.05) is 26.0 Å². The quantitative estimate of drug-likeness (QED) is 0.429. The fraction of sp³-hybridized carbons (Fsp3) is 0.600. The van der Waals surface area contributed by atoms with Crippen LogP contribution < -0.4 is 5.32 Å².